The Balaban J connectivity index is 0.000000191. The molecule has 2 saturated heterocycles. The van der Waals surface area contributed by atoms with Crippen LogP contribution in [0.25, 0.3) is 12.2 Å². The molecule has 336 valence electrons. The average Bonchev–Trinajstić information content (AvgIpc) is 3.67. The first-order chi connectivity index (χ1) is 30.6. The molecule has 4 amide bonds. The topological polar surface area (TPSA) is 166 Å². The molecule has 2 fully saturated rings. The third-order valence-electron chi connectivity index (χ3n) is 12.9. The van der Waals surface area contributed by atoms with Crippen molar-refractivity contribution in [3.8, 4) is 0 Å². The van der Waals surface area contributed by atoms with Crippen molar-refractivity contribution in [1.82, 2.24) is 28.7 Å². The molecule has 2 N–H and O–H groups in total. The quantitative estimate of drug-likeness (QED) is 0.270. The van der Waals surface area contributed by atoms with E-state index in [9.17, 15) is 47.8 Å². The normalized spacial score (nSPS) is 24.0. The lowest BCUT2D eigenvalue weighted by Crippen LogP contribution is -2.49. The summed E-state index contributed by atoms with van der Waals surface area (Å²) in [5.41, 5.74) is 2.35. The number of hydrogen-bond donors (Lipinski definition) is 2. The Kier molecular flexibility index (Phi) is 13.0. The van der Waals surface area contributed by atoms with Crippen LogP contribution in [0.2, 0.25) is 0 Å². The van der Waals surface area contributed by atoms with Crippen LogP contribution in [0.5, 0.6) is 0 Å². The third-order valence-corrected chi connectivity index (χ3v) is 12.9. The SMILES string of the molecule is C/C=C/c1ccc2n(c1=O)C[C@H]1[C@H](CO)[C@@H](C(=O)N(C)C)[C@@H]2N1C(=O)c1ccc(F)cc1.C/C=C\c1ccc2n(c1=O)C[C@H]1[C@H](CO)[C@@H](C(=O)N(C)C)[C@@H]2N1C(=O)c1ccc(F)cc1. The minimum Gasteiger partial charge on any atom is -0.396 e. The van der Waals surface area contributed by atoms with E-state index in [4.69, 9.17) is 0 Å². The van der Waals surface area contributed by atoms with Crippen LogP contribution in [0.1, 0.15) is 69.2 Å². The minimum absolute atomic E-state index is 0.172. The van der Waals surface area contributed by atoms with E-state index in [0.29, 0.717) is 22.5 Å². The number of carbonyl (C=O) groups excluding carboxylic acids is 4. The highest BCUT2D eigenvalue weighted by Crippen LogP contribution is 2.51. The molecule has 4 aromatic rings. The molecular formula is C48H52F2N6O8. The Labute approximate surface area is 368 Å². The van der Waals surface area contributed by atoms with Gasteiger partial charge in [0.05, 0.1) is 36.0 Å². The van der Waals surface area contributed by atoms with Crippen molar-refractivity contribution < 1.29 is 38.2 Å². The van der Waals surface area contributed by atoms with Gasteiger partial charge in [0, 0.05) is 100.0 Å². The number of halogens is 2. The number of hydrogen-bond acceptors (Lipinski definition) is 8. The van der Waals surface area contributed by atoms with Crippen molar-refractivity contribution in [1.29, 1.82) is 0 Å². The fourth-order valence-electron chi connectivity index (χ4n) is 10.1. The van der Waals surface area contributed by atoms with Crippen molar-refractivity contribution >= 4 is 35.8 Å². The van der Waals surface area contributed by atoms with Crippen LogP contribution in [0, 0.1) is 35.3 Å². The largest absolute Gasteiger partial charge is 0.396 e. The van der Waals surface area contributed by atoms with Crippen LogP contribution >= 0.6 is 0 Å². The van der Waals surface area contributed by atoms with Gasteiger partial charge in [0.15, 0.2) is 0 Å². The van der Waals surface area contributed by atoms with Crippen LogP contribution in [0.15, 0.2) is 94.5 Å². The third kappa shape index (κ3) is 7.78. The lowest BCUT2D eigenvalue weighted by Gasteiger charge is -2.38. The first kappa shape index (κ1) is 45.5. The number of carbonyl (C=O) groups is 4. The van der Waals surface area contributed by atoms with E-state index in [1.807, 2.05) is 13.8 Å². The summed E-state index contributed by atoms with van der Waals surface area (Å²) < 4.78 is 30.1. The number of aromatic nitrogens is 2. The summed E-state index contributed by atoms with van der Waals surface area (Å²) in [5.74, 6) is -4.54. The second-order valence-corrected chi connectivity index (χ2v) is 16.9. The lowest BCUT2D eigenvalue weighted by molar-refractivity contribution is -0.136. The molecule has 0 spiro atoms. The highest BCUT2D eigenvalue weighted by atomic mass is 19.1. The average molecular weight is 879 g/mol. The maximum Gasteiger partial charge on any atom is 0.258 e. The summed E-state index contributed by atoms with van der Waals surface area (Å²) in [6.45, 7) is 3.39. The van der Waals surface area contributed by atoms with Gasteiger partial charge in [-0.3, -0.25) is 28.8 Å². The van der Waals surface area contributed by atoms with E-state index in [0.717, 1.165) is 0 Å². The maximum absolute atomic E-state index is 13.5. The van der Waals surface area contributed by atoms with Crippen LogP contribution in [0.3, 0.4) is 0 Å². The zero-order valence-electron chi connectivity index (χ0n) is 36.5. The molecule has 64 heavy (non-hydrogen) atoms. The molecule has 14 nitrogen and oxygen atoms in total. The number of pyridine rings is 2. The minimum atomic E-state index is -0.717. The maximum atomic E-state index is 13.5. The molecular weight excluding hydrogens is 827 g/mol. The zero-order chi connectivity index (χ0) is 46.3. The number of amides is 4. The highest BCUT2D eigenvalue weighted by Gasteiger charge is 2.59. The molecule has 2 aromatic heterocycles. The Morgan fingerprint density at radius 3 is 1.23 bits per heavy atom. The highest BCUT2D eigenvalue weighted by molar-refractivity contribution is 5.97. The first-order valence-electron chi connectivity index (χ1n) is 21.1. The van der Waals surface area contributed by atoms with E-state index >= 15 is 0 Å². The molecule has 0 saturated carbocycles. The van der Waals surface area contributed by atoms with Crippen molar-refractivity contribution in [3.05, 3.63) is 151 Å². The number of nitrogens with zero attached hydrogens (tertiary/aromatic N) is 6. The molecule has 8 rings (SSSR count). The number of benzene rings is 2. The second kappa shape index (κ2) is 18.3. The molecule has 4 aliphatic rings. The molecule has 0 unspecified atom stereocenters. The van der Waals surface area contributed by atoms with Gasteiger partial charge < -0.3 is 38.9 Å². The molecule has 8 atom stereocenters. The van der Waals surface area contributed by atoms with E-state index in [1.165, 1.54) is 58.3 Å². The summed E-state index contributed by atoms with van der Waals surface area (Å²) in [7, 11) is 6.53. The Bertz CT molecular complexity index is 2460. The molecule has 4 aliphatic heterocycles. The predicted molar refractivity (Wildman–Crippen MR) is 235 cm³/mol. The monoisotopic (exact) mass is 878 g/mol. The van der Waals surface area contributed by atoms with Gasteiger partial charge in [-0.25, -0.2) is 8.78 Å². The number of aliphatic hydroxyl groups excluding tert-OH is 2. The van der Waals surface area contributed by atoms with Crippen LogP contribution in [-0.4, -0.2) is 116 Å². The van der Waals surface area contributed by atoms with Gasteiger partial charge in [-0.1, -0.05) is 24.3 Å². The second-order valence-electron chi connectivity index (χ2n) is 16.9. The van der Waals surface area contributed by atoms with E-state index in [2.05, 4.69) is 0 Å². The summed E-state index contributed by atoms with van der Waals surface area (Å²) in [6.07, 6.45) is 7.00. The van der Waals surface area contributed by atoms with Gasteiger partial charge in [-0.05, 0) is 86.6 Å². The van der Waals surface area contributed by atoms with Gasteiger partial charge in [0.1, 0.15) is 11.6 Å². The van der Waals surface area contributed by atoms with Crippen molar-refractivity contribution in [3.63, 3.8) is 0 Å². The van der Waals surface area contributed by atoms with Gasteiger partial charge in [-0.2, -0.15) is 0 Å². The molecule has 2 aromatic carbocycles. The van der Waals surface area contributed by atoms with E-state index < -0.39 is 59.5 Å². The van der Waals surface area contributed by atoms with Gasteiger partial charge >= 0.3 is 0 Å². The fraction of sp³-hybridized carbons (Fsp3) is 0.375. The van der Waals surface area contributed by atoms with Gasteiger partial charge in [0.25, 0.3) is 22.9 Å². The summed E-state index contributed by atoms with van der Waals surface area (Å²) >= 11 is 0. The fourth-order valence-corrected chi connectivity index (χ4v) is 10.1. The molecule has 0 radical (unpaired) electrons. The van der Waals surface area contributed by atoms with Crippen LogP contribution in [0.4, 0.5) is 8.78 Å². The number of allylic oxidation sites excluding steroid dienone is 2. The summed E-state index contributed by atoms with van der Waals surface area (Å²) in [4.78, 5) is 85.8. The van der Waals surface area contributed by atoms with Gasteiger partial charge in [0.2, 0.25) is 11.8 Å². The summed E-state index contributed by atoms with van der Waals surface area (Å²) in [5, 5.41) is 20.5. The standard InChI is InChI=1S/2C24H26FN3O4/c2*1-4-5-14-8-11-18-21-20(24(32)26(2)3)17(13-29)19(12-27(18)22(14)30)28(21)23(31)15-6-9-16(25)10-7-15/h2*4-11,17,19-21,29H,12-13H2,1-3H3/b5-4+;5-4-/t2*17-,19-,20+,21+/m00/s1. The molecule has 16 heteroatoms. The Hall–Kier alpha value is -6.52. The van der Waals surface area contributed by atoms with Crippen molar-refractivity contribution in [2.45, 2.75) is 51.1 Å². The Morgan fingerprint density at radius 2 is 0.938 bits per heavy atom. The van der Waals surface area contributed by atoms with Crippen molar-refractivity contribution in [2.24, 2.45) is 23.7 Å². The van der Waals surface area contributed by atoms with Crippen molar-refractivity contribution in [2.75, 3.05) is 41.4 Å². The van der Waals surface area contributed by atoms with E-state index in [1.54, 1.807) is 95.7 Å². The number of rotatable bonds is 8. The van der Waals surface area contributed by atoms with Crippen LogP contribution in [-0.2, 0) is 22.7 Å². The predicted octanol–water partition coefficient (Wildman–Crippen LogP) is 3.83. The van der Waals surface area contributed by atoms with Crippen LogP contribution < -0.4 is 11.1 Å². The molecule has 6 heterocycles. The number of aliphatic hydroxyl groups is 2. The Morgan fingerprint density at radius 1 is 0.594 bits per heavy atom. The number of fused-ring (bicyclic) bond motifs is 8. The molecule has 0 aliphatic carbocycles. The molecule has 4 bridgehead atoms. The first-order valence-corrected chi connectivity index (χ1v) is 21.1. The zero-order valence-corrected chi connectivity index (χ0v) is 36.5. The lowest BCUT2D eigenvalue weighted by atomic mass is 9.86. The summed E-state index contributed by atoms with van der Waals surface area (Å²) in [6, 6.07) is 14.9. The van der Waals surface area contributed by atoms with E-state index in [-0.39, 0.29) is 72.2 Å². The van der Waals surface area contributed by atoms with Gasteiger partial charge in [-0.15, -0.1) is 0 Å². The smallest absolute Gasteiger partial charge is 0.258 e.